The van der Waals surface area contributed by atoms with E-state index in [-0.39, 0.29) is 5.92 Å². The Kier molecular flexibility index (Phi) is 4.12. The summed E-state index contributed by atoms with van der Waals surface area (Å²) in [7, 11) is 3.87. The first-order chi connectivity index (χ1) is 9.23. The Bertz CT molecular complexity index is 455. The molecule has 0 saturated heterocycles. The fourth-order valence-electron chi connectivity index (χ4n) is 3.07. The van der Waals surface area contributed by atoms with Gasteiger partial charge in [0.2, 0.25) is 0 Å². The zero-order valence-corrected chi connectivity index (χ0v) is 11.7. The average molecular weight is 287 g/mol. The Morgan fingerprint density at radius 1 is 1.25 bits per heavy atom. The van der Waals surface area contributed by atoms with Gasteiger partial charge in [0.15, 0.2) is 0 Å². The number of hydrogen-bond donors (Lipinski definition) is 1. The van der Waals surface area contributed by atoms with E-state index >= 15 is 0 Å². The van der Waals surface area contributed by atoms with Crippen LogP contribution in [-0.2, 0) is 11.8 Å². The molecule has 0 heterocycles. The maximum atomic E-state index is 12.6. The van der Waals surface area contributed by atoms with Crippen LogP contribution in [0.1, 0.15) is 30.4 Å². The van der Waals surface area contributed by atoms with Crippen LogP contribution in [0.3, 0.4) is 0 Å². The van der Waals surface area contributed by atoms with E-state index in [1.807, 2.05) is 19.0 Å². The van der Waals surface area contributed by atoms with E-state index in [1.165, 1.54) is 12.1 Å². The van der Waals surface area contributed by atoms with E-state index in [9.17, 15) is 18.3 Å². The molecule has 1 fully saturated rings. The van der Waals surface area contributed by atoms with Gasteiger partial charge < -0.3 is 10.0 Å². The molecule has 1 aliphatic carbocycles. The number of alkyl halides is 3. The molecule has 0 bridgehead atoms. The molecule has 0 aliphatic heterocycles. The standard InChI is InChI=1S/C15H20F3NO/c1-19(2)10-13-4-3-9-14(13,20)11-5-7-12(8-6-11)15(16,17)18/h5-8,13,20H,3-4,9-10H2,1-2H3. The van der Waals surface area contributed by atoms with Gasteiger partial charge in [-0.1, -0.05) is 12.1 Å². The summed E-state index contributed by atoms with van der Waals surface area (Å²) in [5.41, 5.74) is -1.09. The minimum Gasteiger partial charge on any atom is -0.385 e. The van der Waals surface area contributed by atoms with Gasteiger partial charge >= 0.3 is 6.18 Å². The highest BCUT2D eigenvalue weighted by Gasteiger charge is 2.43. The Balaban J connectivity index is 2.25. The van der Waals surface area contributed by atoms with Gasteiger partial charge in [-0.2, -0.15) is 13.2 Å². The van der Waals surface area contributed by atoms with Crippen molar-refractivity contribution >= 4 is 0 Å². The minimum atomic E-state index is -4.33. The Labute approximate surface area is 117 Å². The molecule has 1 N–H and O–H groups in total. The van der Waals surface area contributed by atoms with E-state index in [1.54, 1.807) is 0 Å². The minimum absolute atomic E-state index is 0.0641. The number of aliphatic hydroxyl groups is 1. The molecule has 1 aliphatic rings. The van der Waals surface area contributed by atoms with Crippen molar-refractivity contribution in [2.75, 3.05) is 20.6 Å². The lowest BCUT2D eigenvalue weighted by molar-refractivity contribution is -0.137. The monoisotopic (exact) mass is 287 g/mol. The van der Waals surface area contributed by atoms with Crippen LogP contribution in [-0.4, -0.2) is 30.6 Å². The van der Waals surface area contributed by atoms with Crippen LogP contribution in [0, 0.1) is 5.92 Å². The highest BCUT2D eigenvalue weighted by atomic mass is 19.4. The van der Waals surface area contributed by atoms with Crippen LogP contribution in [0.4, 0.5) is 13.2 Å². The zero-order chi connectivity index (χ0) is 15.0. The second-order valence-electron chi connectivity index (χ2n) is 5.85. The first-order valence-corrected chi connectivity index (χ1v) is 6.78. The topological polar surface area (TPSA) is 23.5 Å². The molecule has 2 rings (SSSR count). The van der Waals surface area contributed by atoms with Crippen molar-refractivity contribution in [1.29, 1.82) is 0 Å². The van der Waals surface area contributed by atoms with E-state index in [0.717, 1.165) is 31.5 Å². The predicted molar refractivity (Wildman–Crippen MR) is 71.2 cm³/mol. The van der Waals surface area contributed by atoms with Gasteiger partial charge in [0.25, 0.3) is 0 Å². The fourth-order valence-corrected chi connectivity index (χ4v) is 3.07. The van der Waals surface area contributed by atoms with Crippen molar-refractivity contribution in [1.82, 2.24) is 4.90 Å². The van der Waals surface area contributed by atoms with Gasteiger partial charge in [-0.3, -0.25) is 0 Å². The van der Waals surface area contributed by atoms with E-state index in [2.05, 4.69) is 0 Å². The number of halogens is 3. The van der Waals surface area contributed by atoms with Gasteiger partial charge in [0.05, 0.1) is 11.2 Å². The third-order valence-corrected chi connectivity index (χ3v) is 4.08. The van der Waals surface area contributed by atoms with Crippen molar-refractivity contribution in [2.24, 2.45) is 5.92 Å². The number of rotatable bonds is 3. The third kappa shape index (κ3) is 2.99. The fraction of sp³-hybridized carbons (Fsp3) is 0.600. The maximum absolute atomic E-state index is 12.6. The molecule has 112 valence electrons. The molecule has 0 aromatic heterocycles. The van der Waals surface area contributed by atoms with Crippen LogP contribution in [0.25, 0.3) is 0 Å². The highest BCUT2D eigenvalue weighted by molar-refractivity contribution is 5.30. The molecule has 1 saturated carbocycles. The summed E-state index contributed by atoms with van der Waals surface area (Å²) in [6, 6.07) is 4.93. The molecule has 1 aromatic rings. The van der Waals surface area contributed by atoms with Crippen molar-refractivity contribution in [2.45, 2.75) is 31.0 Å². The van der Waals surface area contributed by atoms with Crippen LogP contribution in [0.5, 0.6) is 0 Å². The van der Waals surface area contributed by atoms with Gasteiger partial charge in [0.1, 0.15) is 0 Å². The lowest BCUT2D eigenvalue weighted by Crippen LogP contribution is -2.36. The van der Waals surface area contributed by atoms with Gasteiger partial charge in [-0.25, -0.2) is 0 Å². The SMILES string of the molecule is CN(C)CC1CCCC1(O)c1ccc(C(F)(F)F)cc1. The summed E-state index contributed by atoms with van der Waals surface area (Å²) in [5, 5.41) is 10.9. The molecule has 0 amide bonds. The molecule has 2 atom stereocenters. The number of benzene rings is 1. The zero-order valence-electron chi connectivity index (χ0n) is 11.7. The summed E-state index contributed by atoms with van der Waals surface area (Å²) in [4.78, 5) is 2.00. The quantitative estimate of drug-likeness (QED) is 0.922. The van der Waals surface area contributed by atoms with Crippen LogP contribution in [0.15, 0.2) is 24.3 Å². The Morgan fingerprint density at radius 2 is 1.85 bits per heavy atom. The Hall–Kier alpha value is -1.07. The first-order valence-electron chi connectivity index (χ1n) is 6.78. The summed E-state index contributed by atoms with van der Waals surface area (Å²) in [5.74, 6) is 0.0641. The van der Waals surface area contributed by atoms with Gasteiger partial charge in [-0.15, -0.1) is 0 Å². The van der Waals surface area contributed by atoms with E-state index in [4.69, 9.17) is 0 Å². The number of nitrogens with zero attached hydrogens (tertiary/aromatic N) is 1. The second kappa shape index (κ2) is 5.37. The normalized spacial score (nSPS) is 27.2. The molecule has 2 nitrogen and oxygen atoms in total. The molecule has 0 radical (unpaired) electrons. The number of hydrogen-bond acceptors (Lipinski definition) is 2. The summed E-state index contributed by atoms with van der Waals surface area (Å²) in [6.07, 6.45) is -1.93. The molecule has 5 heteroatoms. The largest absolute Gasteiger partial charge is 0.416 e. The lowest BCUT2D eigenvalue weighted by atomic mass is 9.83. The first kappa shape index (κ1) is 15.3. The second-order valence-corrected chi connectivity index (χ2v) is 5.85. The molecule has 1 aromatic carbocycles. The van der Waals surface area contributed by atoms with Crippen molar-refractivity contribution < 1.29 is 18.3 Å². The molecule has 20 heavy (non-hydrogen) atoms. The molecule has 2 unspecified atom stereocenters. The van der Waals surface area contributed by atoms with Crippen LogP contribution < -0.4 is 0 Å². The average Bonchev–Trinajstić information content (AvgIpc) is 2.71. The Morgan fingerprint density at radius 3 is 2.35 bits per heavy atom. The summed E-state index contributed by atoms with van der Waals surface area (Å²) in [6.45, 7) is 0.734. The highest BCUT2D eigenvalue weighted by Crippen LogP contribution is 2.44. The summed E-state index contributed by atoms with van der Waals surface area (Å²) >= 11 is 0. The predicted octanol–water partition coefficient (Wildman–Crippen LogP) is 3.25. The van der Waals surface area contributed by atoms with Crippen LogP contribution >= 0.6 is 0 Å². The third-order valence-electron chi connectivity index (χ3n) is 4.08. The lowest BCUT2D eigenvalue weighted by Gasteiger charge is -2.32. The van der Waals surface area contributed by atoms with Gasteiger partial charge in [-0.05, 0) is 51.1 Å². The maximum Gasteiger partial charge on any atom is 0.416 e. The van der Waals surface area contributed by atoms with Crippen molar-refractivity contribution in [3.05, 3.63) is 35.4 Å². The molecular weight excluding hydrogens is 267 g/mol. The van der Waals surface area contributed by atoms with Crippen LogP contribution in [0.2, 0.25) is 0 Å². The van der Waals surface area contributed by atoms with Crippen molar-refractivity contribution in [3.8, 4) is 0 Å². The summed E-state index contributed by atoms with van der Waals surface area (Å²) < 4.78 is 37.7. The van der Waals surface area contributed by atoms with E-state index < -0.39 is 17.3 Å². The van der Waals surface area contributed by atoms with Crippen molar-refractivity contribution in [3.63, 3.8) is 0 Å². The molecular formula is C15H20F3NO. The van der Waals surface area contributed by atoms with E-state index in [0.29, 0.717) is 12.0 Å². The van der Waals surface area contributed by atoms with Gasteiger partial charge in [0, 0.05) is 12.5 Å². The smallest absolute Gasteiger partial charge is 0.385 e. The molecule has 0 spiro atoms.